The molecule has 0 aromatic rings. The zero-order valence-electron chi connectivity index (χ0n) is 10.7. The second-order valence-electron chi connectivity index (χ2n) is 6.21. The molecule has 0 bridgehead atoms. The van der Waals surface area contributed by atoms with Crippen molar-refractivity contribution in [3.8, 4) is 6.07 Å². The van der Waals surface area contributed by atoms with E-state index in [0.717, 1.165) is 12.8 Å². The van der Waals surface area contributed by atoms with Crippen molar-refractivity contribution in [3.05, 3.63) is 11.6 Å². The Labute approximate surface area is 102 Å². The highest BCUT2D eigenvalue weighted by molar-refractivity contribution is 6.04. The molecule has 1 saturated carbocycles. The van der Waals surface area contributed by atoms with E-state index in [9.17, 15) is 9.90 Å². The number of hydrogen-bond acceptors (Lipinski definition) is 3. The van der Waals surface area contributed by atoms with Gasteiger partial charge in [-0.05, 0) is 30.6 Å². The van der Waals surface area contributed by atoms with Gasteiger partial charge >= 0.3 is 0 Å². The average Bonchev–Trinajstić information content (AvgIpc) is 2.23. The molecule has 92 valence electrons. The highest BCUT2D eigenvalue weighted by Gasteiger charge is 2.53. The molecule has 0 unspecified atom stereocenters. The van der Waals surface area contributed by atoms with Crippen LogP contribution in [0.25, 0.3) is 0 Å². The third-order valence-electron chi connectivity index (χ3n) is 4.56. The van der Waals surface area contributed by atoms with Gasteiger partial charge in [0.05, 0.1) is 11.7 Å². The smallest absolute Gasteiger partial charge is 0.178 e. The minimum absolute atomic E-state index is 0.0427. The Morgan fingerprint density at radius 3 is 2.65 bits per heavy atom. The molecule has 17 heavy (non-hydrogen) atoms. The van der Waals surface area contributed by atoms with E-state index in [-0.39, 0.29) is 28.8 Å². The molecule has 1 N–H and O–H groups in total. The van der Waals surface area contributed by atoms with Crippen molar-refractivity contribution in [1.29, 1.82) is 5.26 Å². The molecule has 3 heteroatoms. The van der Waals surface area contributed by atoms with Crippen molar-refractivity contribution >= 4 is 5.78 Å². The molecule has 2 aliphatic carbocycles. The zero-order valence-corrected chi connectivity index (χ0v) is 10.7. The predicted molar refractivity (Wildman–Crippen MR) is 63.9 cm³/mol. The lowest BCUT2D eigenvalue weighted by Crippen LogP contribution is -2.50. The largest absolute Gasteiger partial charge is 0.393 e. The maximum Gasteiger partial charge on any atom is 0.178 e. The average molecular weight is 233 g/mol. The standard InChI is InChI=1S/C14H19NO2/c1-13(2)11-5-4-10(16)7-14(11,3)6-9(8-15)12(13)17/h6,10-11,16H,4-5,7H2,1-3H3/t10-,11-,14-/m1/s1. The Morgan fingerprint density at radius 1 is 1.41 bits per heavy atom. The highest BCUT2D eigenvalue weighted by Crippen LogP contribution is 2.54. The van der Waals surface area contributed by atoms with Crippen LogP contribution in [0.15, 0.2) is 11.6 Å². The second kappa shape index (κ2) is 3.68. The highest BCUT2D eigenvalue weighted by atomic mass is 16.3. The summed E-state index contributed by atoms with van der Waals surface area (Å²) in [6.45, 7) is 5.92. The van der Waals surface area contributed by atoms with Gasteiger partial charge in [-0.1, -0.05) is 26.8 Å². The van der Waals surface area contributed by atoms with Crippen LogP contribution >= 0.6 is 0 Å². The van der Waals surface area contributed by atoms with Gasteiger partial charge in [0.15, 0.2) is 5.78 Å². The minimum Gasteiger partial charge on any atom is -0.393 e. The molecule has 3 atom stereocenters. The van der Waals surface area contributed by atoms with Crippen molar-refractivity contribution in [1.82, 2.24) is 0 Å². The summed E-state index contributed by atoms with van der Waals surface area (Å²) in [6.07, 6.45) is 3.75. The summed E-state index contributed by atoms with van der Waals surface area (Å²) in [4.78, 5) is 12.2. The number of carbonyl (C=O) groups excluding carboxylic acids is 1. The summed E-state index contributed by atoms with van der Waals surface area (Å²) in [6, 6.07) is 2.01. The molecule has 3 nitrogen and oxygen atoms in total. The van der Waals surface area contributed by atoms with Gasteiger partial charge < -0.3 is 5.11 Å². The number of nitriles is 1. The first kappa shape index (κ1) is 12.3. The summed E-state index contributed by atoms with van der Waals surface area (Å²) < 4.78 is 0. The zero-order chi connectivity index (χ0) is 12.8. The van der Waals surface area contributed by atoms with Crippen LogP contribution in [0.3, 0.4) is 0 Å². The lowest BCUT2D eigenvalue weighted by atomic mass is 9.52. The van der Waals surface area contributed by atoms with Crippen molar-refractivity contribution in [2.45, 2.75) is 46.1 Å². The predicted octanol–water partition coefficient (Wildman–Crippen LogP) is 2.21. The van der Waals surface area contributed by atoms with Gasteiger partial charge in [0.2, 0.25) is 0 Å². The number of nitrogens with zero attached hydrogens (tertiary/aromatic N) is 1. The molecule has 0 aromatic heterocycles. The van der Waals surface area contributed by atoms with Gasteiger partial charge in [-0.25, -0.2) is 0 Å². The van der Waals surface area contributed by atoms with Crippen LogP contribution in [0.1, 0.15) is 40.0 Å². The Bertz CT molecular complexity index is 430. The maximum absolute atomic E-state index is 12.2. The SMILES string of the molecule is CC1(C)C(=O)C(C#N)=C[C@]2(C)C[C@H](O)CC[C@H]12. The van der Waals surface area contributed by atoms with Crippen LogP contribution < -0.4 is 0 Å². The fourth-order valence-electron chi connectivity index (χ4n) is 3.77. The molecule has 0 amide bonds. The van der Waals surface area contributed by atoms with Crippen LogP contribution in [0.4, 0.5) is 0 Å². The van der Waals surface area contributed by atoms with Gasteiger partial charge in [0.25, 0.3) is 0 Å². The lowest BCUT2D eigenvalue weighted by Gasteiger charge is -2.51. The Hall–Kier alpha value is -1.14. The molecule has 2 aliphatic rings. The topological polar surface area (TPSA) is 61.1 Å². The molecule has 0 radical (unpaired) electrons. The van der Waals surface area contributed by atoms with Gasteiger partial charge in [-0.3, -0.25) is 4.79 Å². The van der Waals surface area contributed by atoms with Crippen LogP contribution in [-0.2, 0) is 4.79 Å². The molecule has 0 aromatic carbocycles. The minimum atomic E-state index is -0.491. The maximum atomic E-state index is 12.2. The summed E-state index contributed by atoms with van der Waals surface area (Å²) >= 11 is 0. The number of rotatable bonds is 0. The molecule has 0 aliphatic heterocycles. The van der Waals surface area contributed by atoms with Crippen LogP contribution in [0.5, 0.6) is 0 Å². The first-order valence-corrected chi connectivity index (χ1v) is 6.17. The van der Waals surface area contributed by atoms with E-state index in [1.165, 1.54) is 0 Å². The number of allylic oxidation sites excluding steroid dienone is 2. The Balaban J connectivity index is 2.51. The first-order valence-electron chi connectivity index (χ1n) is 6.17. The molecule has 1 fully saturated rings. The Kier molecular flexibility index (Phi) is 2.67. The van der Waals surface area contributed by atoms with Crippen molar-refractivity contribution in [2.24, 2.45) is 16.7 Å². The number of hydrogen-bond donors (Lipinski definition) is 1. The quantitative estimate of drug-likeness (QED) is 0.697. The van der Waals surface area contributed by atoms with Gasteiger partial charge in [0.1, 0.15) is 6.07 Å². The van der Waals surface area contributed by atoms with Crippen molar-refractivity contribution in [3.63, 3.8) is 0 Å². The Morgan fingerprint density at radius 2 is 2.06 bits per heavy atom. The van der Waals surface area contributed by atoms with Crippen molar-refractivity contribution < 1.29 is 9.90 Å². The number of aliphatic hydroxyl groups is 1. The number of Topliss-reactive ketones (excluding diaryl/α,β-unsaturated/α-hetero) is 1. The monoisotopic (exact) mass is 233 g/mol. The number of aliphatic hydroxyl groups excluding tert-OH is 1. The molecular formula is C14H19NO2. The summed E-state index contributed by atoms with van der Waals surface area (Å²) in [5.41, 5.74) is -0.447. The molecular weight excluding hydrogens is 214 g/mol. The number of ketones is 1. The summed E-state index contributed by atoms with van der Waals surface area (Å²) in [5.74, 6) is 0.182. The van der Waals surface area contributed by atoms with E-state index < -0.39 is 5.41 Å². The lowest BCUT2D eigenvalue weighted by molar-refractivity contribution is -0.132. The van der Waals surface area contributed by atoms with E-state index in [1.807, 2.05) is 19.9 Å². The summed E-state index contributed by atoms with van der Waals surface area (Å²) in [7, 11) is 0. The number of fused-ring (bicyclic) bond motifs is 1. The van der Waals surface area contributed by atoms with Crippen LogP contribution in [0.2, 0.25) is 0 Å². The van der Waals surface area contributed by atoms with Gasteiger partial charge in [-0.2, -0.15) is 5.26 Å². The van der Waals surface area contributed by atoms with Crippen LogP contribution in [0, 0.1) is 28.1 Å². The molecule has 0 spiro atoms. The van der Waals surface area contributed by atoms with Gasteiger partial charge in [-0.15, -0.1) is 0 Å². The van der Waals surface area contributed by atoms with E-state index >= 15 is 0 Å². The number of carbonyl (C=O) groups is 1. The third kappa shape index (κ3) is 1.71. The summed E-state index contributed by atoms with van der Waals surface area (Å²) in [5, 5.41) is 18.9. The van der Waals surface area contributed by atoms with Crippen LogP contribution in [-0.4, -0.2) is 17.0 Å². The fraction of sp³-hybridized carbons (Fsp3) is 0.714. The second-order valence-corrected chi connectivity index (χ2v) is 6.21. The molecule has 0 heterocycles. The molecule has 2 rings (SSSR count). The van der Waals surface area contributed by atoms with E-state index in [4.69, 9.17) is 5.26 Å². The van der Waals surface area contributed by atoms with E-state index in [0.29, 0.717) is 6.42 Å². The van der Waals surface area contributed by atoms with Crippen molar-refractivity contribution in [2.75, 3.05) is 0 Å². The first-order chi connectivity index (χ1) is 7.81. The third-order valence-corrected chi connectivity index (χ3v) is 4.56. The van der Waals surface area contributed by atoms with Gasteiger partial charge in [0, 0.05) is 5.41 Å². The fourth-order valence-corrected chi connectivity index (χ4v) is 3.77. The molecule has 0 saturated heterocycles. The van der Waals surface area contributed by atoms with E-state index in [1.54, 1.807) is 6.08 Å². The normalized spacial score (nSPS) is 40.2. The van der Waals surface area contributed by atoms with E-state index in [2.05, 4.69) is 6.92 Å².